The second-order valence-electron chi connectivity index (χ2n) is 8.37. The van der Waals surface area contributed by atoms with Crippen molar-refractivity contribution in [1.29, 1.82) is 0 Å². The standard InChI is InChI=1S/C20H24FN3OS.C2HF3O2/c21-17-3-1-16(2-4-17)13-23-9-5-20(6-10-23)7-11-24(12-8-20)19(25)18-14-26-15-22-18;3-2(4,5)1(6)7/h1-4,14-15H,5-13H2;(H,6,7). The van der Waals surface area contributed by atoms with Crippen LogP contribution in [0.2, 0.25) is 0 Å². The molecule has 1 aromatic heterocycles. The van der Waals surface area contributed by atoms with Crippen molar-refractivity contribution in [2.45, 2.75) is 38.4 Å². The molecule has 2 saturated heterocycles. The van der Waals surface area contributed by atoms with Crippen LogP contribution in [0, 0.1) is 11.2 Å². The molecule has 11 heteroatoms. The van der Waals surface area contributed by atoms with Gasteiger partial charge in [-0.15, -0.1) is 11.3 Å². The Morgan fingerprint density at radius 2 is 1.58 bits per heavy atom. The Labute approximate surface area is 192 Å². The van der Waals surface area contributed by atoms with E-state index in [0.29, 0.717) is 11.1 Å². The van der Waals surface area contributed by atoms with E-state index in [1.807, 2.05) is 22.4 Å². The Bertz CT molecular complexity index is 917. The molecule has 2 aliphatic rings. The SMILES string of the molecule is O=C(O)C(F)(F)F.O=C(c1cscn1)N1CCC2(CCN(Cc3ccc(F)cc3)CC2)CC1. The molecule has 2 aliphatic heterocycles. The summed E-state index contributed by atoms with van der Waals surface area (Å²) in [6.45, 7) is 4.74. The summed E-state index contributed by atoms with van der Waals surface area (Å²) >= 11 is 1.47. The lowest BCUT2D eigenvalue weighted by Crippen LogP contribution is -2.48. The summed E-state index contributed by atoms with van der Waals surface area (Å²) in [7, 11) is 0. The number of benzene rings is 1. The third-order valence-corrected chi connectivity index (χ3v) is 6.83. The third-order valence-electron chi connectivity index (χ3n) is 6.24. The van der Waals surface area contributed by atoms with Crippen LogP contribution in [0.25, 0.3) is 0 Å². The van der Waals surface area contributed by atoms with Gasteiger partial charge in [0.25, 0.3) is 5.91 Å². The molecule has 0 aliphatic carbocycles. The average Bonchev–Trinajstić information content (AvgIpc) is 3.32. The Morgan fingerprint density at radius 3 is 2.06 bits per heavy atom. The molecular formula is C22H25F4N3O3S. The van der Waals surface area contributed by atoms with Crippen molar-refractivity contribution in [2.24, 2.45) is 5.41 Å². The number of carboxylic acid groups (broad SMARTS) is 1. The van der Waals surface area contributed by atoms with E-state index in [4.69, 9.17) is 9.90 Å². The van der Waals surface area contributed by atoms with Gasteiger partial charge in [-0.2, -0.15) is 13.2 Å². The maximum absolute atomic E-state index is 13.0. The first-order chi connectivity index (χ1) is 15.6. The van der Waals surface area contributed by atoms with Gasteiger partial charge in [-0.25, -0.2) is 14.2 Å². The largest absolute Gasteiger partial charge is 0.490 e. The van der Waals surface area contributed by atoms with E-state index in [0.717, 1.165) is 45.6 Å². The van der Waals surface area contributed by atoms with Crippen LogP contribution >= 0.6 is 11.3 Å². The molecular weight excluding hydrogens is 462 g/mol. The number of amides is 1. The van der Waals surface area contributed by atoms with Crippen LogP contribution in [0.4, 0.5) is 17.6 Å². The first-order valence-electron chi connectivity index (χ1n) is 10.5. The second-order valence-corrected chi connectivity index (χ2v) is 9.09. The zero-order valence-electron chi connectivity index (χ0n) is 17.9. The summed E-state index contributed by atoms with van der Waals surface area (Å²) < 4.78 is 44.8. The fraction of sp³-hybridized carbons (Fsp3) is 0.500. The number of aromatic nitrogens is 1. The second kappa shape index (κ2) is 10.6. The zero-order chi connectivity index (χ0) is 24.1. The first-order valence-corrected chi connectivity index (χ1v) is 11.5. The van der Waals surface area contributed by atoms with Crippen molar-refractivity contribution in [2.75, 3.05) is 26.2 Å². The minimum atomic E-state index is -5.08. The molecule has 6 nitrogen and oxygen atoms in total. The number of alkyl halides is 3. The molecule has 1 N–H and O–H groups in total. The van der Waals surface area contributed by atoms with E-state index in [2.05, 4.69) is 9.88 Å². The molecule has 33 heavy (non-hydrogen) atoms. The van der Waals surface area contributed by atoms with Gasteiger partial charge in [0.1, 0.15) is 11.5 Å². The fourth-order valence-corrected chi connectivity index (χ4v) is 4.72. The molecule has 2 fully saturated rings. The molecule has 4 rings (SSSR count). The number of carbonyl (C=O) groups excluding carboxylic acids is 1. The van der Waals surface area contributed by atoms with Gasteiger partial charge >= 0.3 is 12.1 Å². The van der Waals surface area contributed by atoms with Crippen molar-refractivity contribution >= 4 is 23.2 Å². The van der Waals surface area contributed by atoms with Crippen LogP contribution in [0.15, 0.2) is 35.2 Å². The van der Waals surface area contributed by atoms with Crippen LogP contribution in [-0.2, 0) is 11.3 Å². The summed E-state index contributed by atoms with van der Waals surface area (Å²) in [5.74, 6) is -2.85. The van der Waals surface area contributed by atoms with E-state index >= 15 is 0 Å². The lowest BCUT2D eigenvalue weighted by atomic mass is 9.71. The van der Waals surface area contributed by atoms with E-state index in [-0.39, 0.29) is 11.7 Å². The van der Waals surface area contributed by atoms with Crippen molar-refractivity contribution in [3.8, 4) is 0 Å². The summed E-state index contributed by atoms with van der Waals surface area (Å²) in [6, 6.07) is 6.83. The Hall–Kier alpha value is -2.53. The molecule has 0 bridgehead atoms. The molecule has 0 radical (unpaired) electrons. The van der Waals surface area contributed by atoms with Gasteiger partial charge in [0.15, 0.2) is 0 Å². The number of halogens is 4. The molecule has 1 amide bonds. The minimum absolute atomic E-state index is 0.0786. The van der Waals surface area contributed by atoms with E-state index in [1.165, 1.54) is 41.9 Å². The molecule has 0 atom stereocenters. The van der Waals surface area contributed by atoms with Crippen LogP contribution < -0.4 is 0 Å². The summed E-state index contributed by atoms with van der Waals surface area (Å²) in [6.07, 6.45) is -0.527. The minimum Gasteiger partial charge on any atom is -0.475 e. The number of rotatable bonds is 3. The predicted octanol–water partition coefficient (Wildman–Crippen LogP) is 4.43. The van der Waals surface area contributed by atoms with E-state index in [1.54, 1.807) is 5.51 Å². The number of hydrogen-bond donors (Lipinski definition) is 1. The van der Waals surface area contributed by atoms with Crippen molar-refractivity contribution in [3.05, 3.63) is 52.2 Å². The third kappa shape index (κ3) is 6.97. The number of aliphatic carboxylic acids is 1. The van der Waals surface area contributed by atoms with E-state index in [9.17, 15) is 22.4 Å². The number of thiazole rings is 1. The topological polar surface area (TPSA) is 73.7 Å². The molecule has 1 aromatic carbocycles. The fourth-order valence-electron chi connectivity index (χ4n) is 4.20. The molecule has 0 saturated carbocycles. The predicted molar refractivity (Wildman–Crippen MR) is 114 cm³/mol. The highest BCUT2D eigenvalue weighted by atomic mass is 32.1. The van der Waals surface area contributed by atoms with Crippen molar-refractivity contribution < 1.29 is 32.3 Å². The van der Waals surface area contributed by atoms with Gasteiger partial charge in [-0.3, -0.25) is 9.69 Å². The van der Waals surface area contributed by atoms with Crippen LogP contribution in [0.1, 0.15) is 41.7 Å². The average molecular weight is 488 g/mol. The van der Waals surface area contributed by atoms with E-state index < -0.39 is 12.1 Å². The normalized spacial score (nSPS) is 18.5. The first kappa shape index (κ1) is 25.1. The smallest absolute Gasteiger partial charge is 0.475 e. The molecule has 1 spiro atoms. The monoisotopic (exact) mass is 487 g/mol. The number of likely N-dealkylation sites (tertiary alicyclic amines) is 2. The number of carboxylic acids is 1. The van der Waals surface area contributed by atoms with Gasteiger partial charge in [0, 0.05) is 25.0 Å². The van der Waals surface area contributed by atoms with Gasteiger partial charge in [0.05, 0.1) is 5.51 Å². The Balaban J connectivity index is 0.000000383. The molecule has 2 aromatic rings. The highest BCUT2D eigenvalue weighted by molar-refractivity contribution is 7.07. The van der Waals surface area contributed by atoms with Crippen LogP contribution in [-0.4, -0.2) is 64.1 Å². The quantitative estimate of drug-likeness (QED) is 0.649. The van der Waals surface area contributed by atoms with Gasteiger partial charge in [-0.1, -0.05) is 12.1 Å². The number of hydrogen-bond acceptors (Lipinski definition) is 5. The number of piperidine rings is 2. The maximum Gasteiger partial charge on any atom is 0.490 e. The van der Waals surface area contributed by atoms with Crippen LogP contribution in [0.3, 0.4) is 0 Å². The highest BCUT2D eigenvalue weighted by Gasteiger charge is 2.39. The van der Waals surface area contributed by atoms with Crippen molar-refractivity contribution in [1.82, 2.24) is 14.8 Å². The highest BCUT2D eigenvalue weighted by Crippen LogP contribution is 2.41. The Morgan fingerprint density at radius 1 is 1.03 bits per heavy atom. The lowest BCUT2D eigenvalue weighted by molar-refractivity contribution is -0.192. The molecule has 180 valence electrons. The Kier molecular flexibility index (Phi) is 8.06. The summed E-state index contributed by atoms with van der Waals surface area (Å²) in [4.78, 5) is 29.9. The molecule has 0 unspecified atom stereocenters. The summed E-state index contributed by atoms with van der Waals surface area (Å²) in [5, 5.41) is 8.96. The van der Waals surface area contributed by atoms with Gasteiger partial charge < -0.3 is 10.0 Å². The lowest BCUT2D eigenvalue weighted by Gasteiger charge is -2.46. The summed E-state index contributed by atoms with van der Waals surface area (Å²) in [5.41, 5.74) is 3.86. The molecule has 3 heterocycles. The number of carbonyl (C=O) groups is 2. The van der Waals surface area contributed by atoms with Crippen molar-refractivity contribution in [3.63, 3.8) is 0 Å². The zero-order valence-corrected chi connectivity index (χ0v) is 18.7. The van der Waals surface area contributed by atoms with Gasteiger partial charge in [-0.05, 0) is 61.9 Å². The van der Waals surface area contributed by atoms with Crippen LogP contribution in [0.5, 0.6) is 0 Å². The maximum atomic E-state index is 13.0. The van der Waals surface area contributed by atoms with Gasteiger partial charge in [0.2, 0.25) is 0 Å². The number of nitrogens with zero attached hydrogens (tertiary/aromatic N) is 3.